The maximum absolute atomic E-state index is 11.2. The molecule has 8 nitrogen and oxygen atoms in total. The van der Waals surface area contributed by atoms with Gasteiger partial charge in [0.25, 0.3) is 5.69 Å². The lowest BCUT2D eigenvalue weighted by Crippen LogP contribution is -2.21. The Balaban J connectivity index is 1.96. The van der Waals surface area contributed by atoms with E-state index >= 15 is 0 Å². The van der Waals surface area contributed by atoms with Gasteiger partial charge in [0.05, 0.1) is 27.0 Å². The molecule has 4 rings (SSSR count). The molecule has 0 bridgehead atoms. The Morgan fingerprint density at radius 3 is 2.92 bits per heavy atom. The topological polar surface area (TPSA) is 131 Å². The van der Waals surface area contributed by atoms with Crippen LogP contribution in [0.5, 0.6) is 5.88 Å². The van der Waals surface area contributed by atoms with Crippen LogP contribution in [-0.2, 0) is 0 Å². The van der Waals surface area contributed by atoms with Crippen LogP contribution in [0.25, 0.3) is 10.6 Å². The average Bonchev–Trinajstić information content (AvgIpc) is 3.29. The summed E-state index contributed by atoms with van der Waals surface area (Å²) in [5.74, 6) is -0.401. The Hall–Kier alpha value is -3.64. The summed E-state index contributed by atoms with van der Waals surface area (Å²) < 4.78 is 5.51. The number of aromatic amines is 1. The van der Waals surface area contributed by atoms with Gasteiger partial charge < -0.3 is 10.5 Å². The molecule has 9 heteroatoms. The van der Waals surface area contributed by atoms with Crippen molar-refractivity contribution in [3.05, 3.63) is 74.5 Å². The maximum atomic E-state index is 11.2. The second kappa shape index (κ2) is 6.02. The lowest BCUT2D eigenvalue weighted by atomic mass is 9.83. The number of nitrogens with one attached hydrogen (secondary N) is 1. The molecule has 26 heavy (non-hydrogen) atoms. The molecule has 0 fully saturated rings. The highest BCUT2D eigenvalue weighted by molar-refractivity contribution is 7.13. The number of nitrogens with zero attached hydrogens (tertiary/aromatic N) is 3. The van der Waals surface area contributed by atoms with Gasteiger partial charge in [-0.15, -0.1) is 16.4 Å². The fourth-order valence-electron chi connectivity index (χ4n) is 3.00. The van der Waals surface area contributed by atoms with Gasteiger partial charge in [-0.3, -0.25) is 15.2 Å². The van der Waals surface area contributed by atoms with Gasteiger partial charge in [0, 0.05) is 12.1 Å². The first kappa shape index (κ1) is 15.9. The number of nitriles is 1. The standard InChI is InChI=1S/C17H11N5O3S/c18-8-11-13(9-3-1-4-10(7-9)22(23)24)14-15(12-5-2-6-26-12)20-21-17(14)25-16(11)19/h1-7,13H,19H2,(H,20,21)/t13-/m0/s1. The van der Waals surface area contributed by atoms with Crippen LogP contribution in [0, 0.1) is 21.4 Å². The molecule has 0 saturated carbocycles. The van der Waals surface area contributed by atoms with Crippen molar-refractivity contribution in [2.75, 3.05) is 0 Å². The molecule has 0 unspecified atom stereocenters. The minimum absolute atomic E-state index is 0.0549. The van der Waals surface area contributed by atoms with Crippen molar-refractivity contribution in [2.45, 2.75) is 5.92 Å². The van der Waals surface area contributed by atoms with Gasteiger partial charge in [0.15, 0.2) is 0 Å². The molecule has 0 amide bonds. The van der Waals surface area contributed by atoms with E-state index < -0.39 is 10.8 Å². The number of nitro benzene ring substituents is 1. The summed E-state index contributed by atoms with van der Waals surface area (Å²) in [6, 6.07) is 12.0. The van der Waals surface area contributed by atoms with E-state index in [0.29, 0.717) is 16.8 Å². The molecule has 0 saturated heterocycles. The number of nitro groups is 1. The van der Waals surface area contributed by atoms with Crippen molar-refractivity contribution >= 4 is 17.0 Å². The van der Waals surface area contributed by atoms with Gasteiger partial charge in [-0.1, -0.05) is 18.2 Å². The van der Waals surface area contributed by atoms with E-state index in [4.69, 9.17) is 10.5 Å². The van der Waals surface area contributed by atoms with E-state index in [0.717, 1.165) is 4.88 Å². The van der Waals surface area contributed by atoms with E-state index in [2.05, 4.69) is 16.3 Å². The van der Waals surface area contributed by atoms with Crippen LogP contribution in [0.1, 0.15) is 17.0 Å². The van der Waals surface area contributed by atoms with Crippen LogP contribution in [0.3, 0.4) is 0 Å². The molecule has 3 aromatic rings. The number of fused-ring (bicyclic) bond motifs is 1. The van der Waals surface area contributed by atoms with Gasteiger partial charge in [-0.05, 0) is 17.0 Å². The second-order valence-corrected chi connectivity index (χ2v) is 6.52. The van der Waals surface area contributed by atoms with E-state index in [-0.39, 0.29) is 23.0 Å². The molecule has 3 N–H and O–H groups in total. The zero-order valence-electron chi connectivity index (χ0n) is 13.2. The Morgan fingerprint density at radius 1 is 1.38 bits per heavy atom. The van der Waals surface area contributed by atoms with Crippen molar-refractivity contribution in [1.29, 1.82) is 5.26 Å². The van der Waals surface area contributed by atoms with Crippen LogP contribution in [0.15, 0.2) is 53.2 Å². The quantitative estimate of drug-likeness (QED) is 0.541. The van der Waals surface area contributed by atoms with E-state index in [1.165, 1.54) is 23.5 Å². The van der Waals surface area contributed by atoms with Crippen molar-refractivity contribution in [3.63, 3.8) is 0 Å². The van der Waals surface area contributed by atoms with Crippen molar-refractivity contribution in [2.24, 2.45) is 5.73 Å². The summed E-state index contributed by atoms with van der Waals surface area (Å²) in [6.07, 6.45) is 0. The van der Waals surface area contributed by atoms with Gasteiger partial charge in [-0.25, -0.2) is 0 Å². The number of aromatic nitrogens is 2. The number of ether oxygens (including phenoxy) is 1. The highest BCUT2D eigenvalue weighted by Crippen LogP contribution is 2.46. The Bertz CT molecular complexity index is 1080. The third-order valence-electron chi connectivity index (χ3n) is 4.12. The van der Waals surface area contributed by atoms with Crippen molar-refractivity contribution < 1.29 is 9.66 Å². The fraction of sp³-hybridized carbons (Fsp3) is 0.0588. The Morgan fingerprint density at radius 2 is 2.23 bits per heavy atom. The first-order chi connectivity index (χ1) is 12.6. The largest absolute Gasteiger partial charge is 0.420 e. The minimum Gasteiger partial charge on any atom is -0.420 e. The molecule has 1 aromatic carbocycles. The van der Waals surface area contributed by atoms with Crippen LogP contribution in [-0.4, -0.2) is 15.1 Å². The van der Waals surface area contributed by atoms with Crippen LogP contribution >= 0.6 is 11.3 Å². The first-order valence-corrected chi connectivity index (χ1v) is 8.42. The van der Waals surface area contributed by atoms with Gasteiger partial charge in [0.1, 0.15) is 11.6 Å². The first-order valence-electron chi connectivity index (χ1n) is 7.54. The van der Waals surface area contributed by atoms with E-state index in [9.17, 15) is 15.4 Å². The predicted octanol–water partition coefficient (Wildman–Crippen LogP) is 3.26. The van der Waals surface area contributed by atoms with Gasteiger partial charge in [-0.2, -0.15) is 5.26 Å². The summed E-state index contributed by atoms with van der Waals surface area (Å²) in [5, 5.41) is 29.8. The Kier molecular flexibility index (Phi) is 3.67. The molecule has 3 heterocycles. The Labute approximate surface area is 151 Å². The highest BCUT2D eigenvalue weighted by Gasteiger charge is 2.36. The number of rotatable bonds is 3. The second-order valence-electron chi connectivity index (χ2n) is 5.57. The molecule has 128 valence electrons. The molecule has 0 radical (unpaired) electrons. The zero-order chi connectivity index (χ0) is 18.3. The smallest absolute Gasteiger partial charge is 0.269 e. The number of hydrogen-bond donors (Lipinski definition) is 2. The SMILES string of the molecule is N#CC1=C(N)Oc2n[nH]c(-c3cccs3)c2[C@H]1c1cccc([N+](=O)[O-])c1. The molecule has 1 aliphatic rings. The van der Waals surface area contributed by atoms with Crippen molar-refractivity contribution in [1.82, 2.24) is 10.2 Å². The third kappa shape index (κ3) is 2.40. The molecular formula is C17H11N5O3S. The summed E-state index contributed by atoms with van der Waals surface area (Å²) in [7, 11) is 0. The monoisotopic (exact) mass is 365 g/mol. The summed E-state index contributed by atoms with van der Waals surface area (Å²) >= 11 is 1.50. The molecule has 2 aromatic heterocycles. The van der Waals surface area contributed by atoms with Crippen LogP contribution in [0.4, 0.5) is 5.69 Å². The number of non-ortho nitro benzene ring substituents is 1. The highest BCUT2D eigenvalue weighted by atomic mass is 32.1. The summed E-state index contributed by atoms with van der Waals surface area (Å²) in [6.45, 7) is 0. The minimum atomic E-state index is -0.612. The predicted molar refractivity (Wildman–Crippen MR) is 94.3 cm³/mol. The molecular weight excluding hydrogens is 354 g/mol. The lowest BCUT2D eigenvalue weighted by molar-refractivity contribution is -0.384. The van der Waals surface area contributed by atoms with Gasteiger partial charge >= 0.3 is 0 Å². The maximum Gasteiger partial charge on any atom is 0.269 e. The summed E-state index contributed by atoms with van der Waals surface area (Å²) in [5.41, 5.74) is 7.95. The lowest BCUT2D eigenvalue weighted by Gasteiger charge is -2.23. The van der Waals surface area contributed by atoms with E-state index in [1.54, 1.807) is 12.1 Å². The molecule has 0 spiro atoms. The van der Waals surface area contributed by atoms with Gasteiger partial charge in [0.2, 0.25) is 11.8 Å². The van der Waals surface area contributed by atoms with Crippen molar-refractivity contribution in [3.8, 4) is 22.5 Å². The average molecular weight is 365 g/mol. The number of nitrogens with two attached hydrogens (primary N) is 1. The zero-order valence-corrected chi connectivity index (χ0v) is 14.0. The number of thiophene rings is 1. The number of allylic oxidation sites excluding steroid dienone is 1. The normalized spacial score (nSPS) is 15.9. The third-order valence-corrected chi connectivity index (χ3v) is 5.01. The van der Waals surface area contributed by atoms with E-state index in [1.807, 2.05) is 17.5 Å². The molecule has 0 aliphatic carbocycles. The molecule has 1 aliphatic heterocycles. The number of hydrogen-bond acceptors (Lipinski definition) is 7. The summed E-state index contributed by atoms with van der Waals surface area (Å²) in [4.78, 5) is 11.6. The van der Waals surface area contributed by atoms with Crippen LogP contribution < -0.4 is 10.5 Å². The van der Waals surface area contributed by atoms with Crippen LogP contribution in [0.2, 0.25) is 0 Å². The molecule has 1 atom stereocenters. The number of H-pyrrole nitrogens is 1. The number of benzene rings is 1. The fourth-order valence-corrected chi connectivity index (χ4v) is 3.74.